The van der Waals surface area contributed by atoms with Crippen LogP contribution in [0.25, 0.3) is 5.69 Å². The van der Waals surface area contributed by atoms with Gasteiger partial charge < -0.3 is 0 Å². The predicted octanol–water partition coefficient (Wildman–Crippen LogP) is 4.66. The summed E-state index contributed by atoms with van der Waals surface area (Å²) < 4.78 is 1.78. The summed E-state index contributed by atoms with van der Waals surface area (Å²) in [6, 6.07) is 17.5. The van der Waals surface area contributed by atoms with Crippen molar-refractivity contribution in [3.05, 3.63) is 93.7 Å². The molecule has 0 fully saturated rings. The molecule has 0 atom stereocenters. The van der Waals surface area contributed by atoms with Gasteiger partial charge >= 0.3 is 0 Å². The van der Waals surface area contributed by atoms with Crippen molar-refractivity contribution >= 4 is 22.4 Å². The summed E-state index contributed by atoms with van der Waals surface area (Å²) in [5, 5.41) is 16.7. The number of nitriles is 1. The van der Waals surface area contributed by atoms with Crippen LogP contribution in [0.2, 0.25) is 0 Å². The zero-order valence-electron chi connectivity index (χ0n) is 16.6. The lowest BCUT2D eigenvalue weighted by atomic mass is 10.1. The average Bonchev–Trinajstić information content (AvgIpc) is 3.35. The van der Waals surface area contributed by atoms with E-state index in [-0.39, 0.29) is 5.91 Å². The van der Waals surface area contributed by atoms with Crippen LogP contribution in [0.4, 0.5) is 5.13 Å². The zero-order valence-corrected chi connectivity index (χ0v) is 17.4. The van der Waals surface area contributed by atoms with Crippen LogP contribution in [0.3, 0.4) is 0 Å². The number of para-hydroxylation sites is 1. The molecule has 6 nitrogen and oxygen atoms in total. The number of hydrogen-bond acceptors (Lipinski definition) is 5. The molecule has 0 aliphatic carbocycles. The number of benzene rings is 2. The molecular weight excluding hydrogens is 394 g/mol. The first-order valence-electron chi connectivity index (χ1n) is 9.41. The first kappa shape index (κ1) is 19.6. The van der Waals surface area contributed by atoms with E-state index in [4.69, 9.17) is 5.26 Å². The number of carbonyl (C=O) groups is 1. The third-order valence-electron chi connectivity index (χ3n) is 4.83. The van der Waals surface area contributed by atoms with Crippen LogP contribution in [-0.2, 0) is 6.42 Å². The predicted molar refractivity (Wildman–Crippen MR) is 117 cm³/mol. The summed E-state index contributed by atoms with van der Waals surface area (Å²) in [5.74, 6) is -0.230. The van der Waals surface area contributed by atoms with Crippen molar-refractivity contribution < 1.29 is 4.79 Å². The molecule has 4 rings (SSSR count). The van der Waals surface area contributed by atoms with E-state index in [1.807, 2.05) is 50.2 Å². The largest absolute Gasteiger partial charge is 0.298 e. The topological polar surface area (TPSA) is 83.6 Å². The number of rotatable bonds is 5. The van der Waals surface area contributed by atoms with Crippen molar-refractivity contribution in [1.29, 1.82) is 5.26 Å². The Morgan fingerprint density at radius 3 is 2.63 bits per heavy atom. The average molecular weight is 414 g/mol. The van der Waals surface area contributed by atoms with Crippen LogP contribution in [-0.4, -0.2) is 20.7 Å². The number of carbonyl (C=O) groups excluding carboxylic acids is 1. The Labute approximate surface area is 178 Å². The summed E-state index contributed by atoms with van der Waals surface area (Å²) in [6.07, 6.45) is 4.05. The Balaban J connectivity index is 1.47. The number of amides is 1. The minimum absolute atomic E-state index is 0.230. The SMILES string of the molecule is Cc1ccccc1-n1ncc(C(=O)Nc2ncc(Cc3ccc(C#N)cc3)s2)c1C. The van der Waals surface area contributed by atoms with Gasteiger partial charge in [0.1, 0.15) is 0 Å². The number of hydrogen-bond donors (Lipinski definition) is 1. The van der Waals surface area contributed by atoms with Crippen molar-refractivity contribution in [2.45, 2.75) is 20.3 Å². The lowest BCUT2D eigenvalue weighted by Crippen LogP contribution is -2.13. The molecule has 1 amide bonds. The van der Waals surface area contributed by atoms with Crippen molar-refractivity contribution in [2.24, 2.45) is 0 Å². The molecule has 0 radical (unpaired) electrons. The number of nitrogens with one attached hydrogen (secondary N) is 1. The zero-order chi connectivity index (χ0) is 21.1. The number of thiazole rings is 1. The molecule has 0 unspecified atom stereocenters. The van der Waals surface area contributed by atoms with Crippen LogP contribution in [0.1, 0.15) is 37.6 Å². The summed E-state index contributed by atoms with van der Waals surface area (Å²) in [5.41, 5.74) is 5.05. The van der Waals surface area contributed by atoms with Crippen LogP contribution in [0.5, 0.6) is 0 Å². The second-order valence-corrected chi connectivity index (χ2v) is 8.03. The molecule has 0 saturated heterocycles. The quantitative estimate of drug-likeness (QED) is 0.516. The lowest BCUT2D eigenvalue weighted by Gasteiger charge is -2.08. The van der Waals surface area contributed by atoms with E-state index in [0.29, 0.717) is 22.7 Å². The van der Waals surface area contributed by atoms with Gasteiger partial charge in [0.2, 0.25) is 0 Å². The van der Waals surface area contributed by atoms with Gasteiger partial charge in [0.05, 0.1) is 34.8 Å². The van der Waals surface area contributed by atoms with E-state index in [9.17, 15) is 4.79 Å². The van der Waals surface area contributed by atoms with Crippen LogP contribution in [0.15, 0.2) is 60.9 Å². The van der Waals surface area contributed by atoms with Crippen molar-refractivity contribution in [2.75, 3.05) is 5.32 Å². The molecule has 2 aromatic carbocycles. The van der Waals surface area contributed by atoms with E-state index >= 15 is 0 Å². The highest BCUT2D eigenvalue weighted by molar-refractivity contribution is 7.15. The Morgan fingerprint density at radius 2 is 1.90 bits per heavy atom. The summed E-state index contributed by atoms with van der Waals surface area (Å²) in [7, 11) is 0. The maximum atomic E-state index is 12.8. The fourth-order valence-electron chi connectivity index (χ4n) is 3.19. The van der Waals surface area contributed by atoms with Crippen molar-refractivity contribution in [3.63, 3.8) is 0 Å². The highest BCUT2D eigenvalue weighted by Crippen LogP contribution is 2.23. The van der Waals surface area contributed by atoms with Crippen LogP contribution in [0, 0.1) is 25.2 Å². The highest BCUT2D eigenvalue weighted by Gasteiger charge is 2.17. The Kier molecular flexibility index (Phi) is 5.42. The third kappa shape index (κ3) is 4.00. The van der Waals surface area contributed by atoms with Gasteiger partial charge in [-0.15, -0.1) is 11.3 Å². The minimum atomic E-state index is -0.230. The van der Waals surface area contributed by atoms with Crippen LogP contribution >= 0.6 is 11.3 Å². The van der Waals surface area contributed by atoms with E-state index < -0.39 is 0 Å². The molecule has 0 saturated carbocycles. The third-order valence-corrected chi connectivity index (χ3v) is 5.75. The van der Waals surface area contributed by atoms with Gasteiger partial charge in [-0.3, -0.25) is 10.1 Å². The van der Waals surface area contributed by atoms with Gasteiger partial charge in [0.25, 0.3) is 5.91 Å². The fourth-order valence-corrected chi connectivity index (χ4v) is 4.03. The Bertz CT molecular complexity index is 1250. The molecule has 2 aromatic heterocycles. The van der Waals surface area contributed by atoms with Gasteiger partial charge in [0.15, 0.2) is 5.13 Å². The minimum Gasteiger partial charge on any atom is -0.298 e. The first-order chi connectivity index (χ1) is 14.5. The lowest BCUT2D eigenvalue weighted by molar-refractivity contribution is 0.102. The van der Waals surface area contributed by atoms with Gasteiger partial charge in [0, 0.05) is 17.5 Å². The molecule has 30 heavy (non-hydrogen) atoms. The highest BCUT2D eigenvalue weighted by atomic mass is 32.1. The number of anilines is 1. The van der Waals surface area contributed by atoms with Gasteiger partial charge in [-0.25, -0.2) is 9.67 Å². The molecule has 0 aliphatic rings. The van der Waals surface area contributed by atoms with Gasteiger partial charge in [-0.2, -0.15) is 10.4 Å². The van der Waals surface area contributed by atoms with Gasteiger partial charge in [-0.05, 0) is 43.2 Å². The number of nitrogens with zero attached hydrogens (tertiary/aromatic N) is 4. The van der Waals surface area contributed by atoms with E-state index in [1.165, 1.54) is 11.3 Å². The van der Waals surface area contributed by atoms with Crippen LogP contribution < -0.4 is 5.32 Å². The monoisotopic (exact) mass is 413 g/mol. The van der Waals surface area contributed by atoms with E-state index in [0.717, 1.165) is 27.4 Å². The number of aryl methyl sites for hydroxylation is 1. The molecule has 148 valence electrons. The fraction of sp³-hybridized carbons (Fsp3) is 0.130. The normalized spacial score (nSPS) is 10.6. The Hall–Kier alpha value is -3.76. The van der Waals surface area contributed by atoms with E-state index in [2.05, 4.69) is 21.5 Å². The van der Waals surface area contributed by atoms with Gasteiger partial charge in [-0.1, -0.05) is 30.3 Å². The second kappa shape index (κ2) is 8.31. The molecule has 0 aliphatic heterocycles. The summed E-state index contributed by atoms with van der Waals surface area (Å²) in [6.45, 7) is 3.90. The maximum Gasteiger partial charge on any atom is 0.260 e. The molecule has 1 N–H and O–H groups in total. The van der Waals surface area contributed by atoms with E-state index in [1.54, 1.807) is 29.2 Å². The smallest absolute Gasteiger partial charge is 0.260 e. The van der Waals surface area contributed by atoms with Crippen molar-refractivity contribution in [3.8, 4) is 11.8 Å². The maximum absolute atomic E-state index is 12.8. The first-order valence-corrected chi connectivity index (χ1v) is 10.2. The molecule has 0 spiro atoms. The molecular formula is C23H19N5OS. The number of aromatic nitrogens is 3. The standard InChI is InChI=1S/C23H19N5OS/c1-15-5-3-4-6-21(15)28-16(2)20(14-26-28)22(29)27-23-25-13-19(30-23)11-17-7-9-18(12-24)10-8-17/h3-10,13-14H,11H2,1-2H3,(H,25,27,29). The van der Waals surface area contributed by atoms with Crippen molar-refractivity contribution in [1.82, 2.24) is 14.8 Å². The Morgan fingerprint density at radius 1 is 1.13 bits per heavy atom. The summed E-state index contributed by atoms with van der Waals surface area (Å²) >= 11 is 1.44. The molecule has 4 aromatic rings. The molecule has 0 bridgehead atoms. The second-order valence-electron chi connectivity index (χ2n) is 6.91. The summed E-state index contributed by atoms with van der Waals surface area (Å²) in [4.78, 5) is 18.1. The molecule has 2 heterocycles. The molecule has 7 heteroatoms.